The second-order valence-corrected chi connectivity index (χ2v) is 10.6. The summed E-state index contributed by atoms with van der Waals surface area (Å²) in [5.41, 5.74) is 9.17. The lowest BCUT2D eigenvalue weighted by molar-refractivity contribution is 1.14. The summed E-state index contributed by atoms with van der Waals surface area (Å²) in [5, 5.41) is 4.82. The Kier molecular flexibility index (Phi) is 7.99. The van der Waals surface area contributed by atoms with Crippen LogP contribution in [0.25, 0.3) is 33.7 Å². The molecule has 0 N–H and O–H groups in total. The Morgan fingerprint density at radius 1 is 0.381 bits per heavy atom. The first-order valence-electron chi connectivity index (χ1n) is 14.6. The number of rotatable bonds is 4. The summed E-state index contributed by atoms with van der Waals surface area (Å²) in [6, 6.07) is 43.0. The molecule has 0 aromatic heterocycles. The van der Waals surface area contributed by atoms with Gasteiger partial charge in [-0.3, -0.25) is 0 Å². The Hall–Kier alpha value is -5.30. The molecule has 0 saturated heterocycles. The van der Waals surface area contributed by atoms with E-state index >= 15 is 0 Å². The van der Waals surface area contributed by atoms with Gasteiger partial charge in [0.15, 0.2) is 0 Å². The van der Waals surface area contributed by atoms with Crippen molar-refractivity contribution in [1.29, 1.82) is 0 Å². The van der Waals surface area contributed by atoms with E-state index < -0.39 is 0 Å². The van der Waals surface area contributed by atoms with Gasteiger partial charge in [-0.1, -0.05) is 110 Å². The fourth-order valence-electron chi connectivity index (χ4n) is 5.02. The van der Waals surface area contributed by atoms with Crippen LogP contribution in [0.5, 0.6) is 0 Å². The lowest BCUT2D eigenvalue weighted by Crippen LogP contribution is -1.82. The summed E-state index contributed by atoms with van der Waals surface area (Å²) in [4.78, 5) is 0. The molecular weight excluding hydrogens is 504 g/mol. The minimum Gasteiger partial charge on any atom is -0.0617 e. The van der Waals surface area contributed by atoms with Gasteiger partial charge in [-0.15, -0.1) is 0 Å². The third-order valence-corrected chi connectivity index (χ3v) is 7.62. The lowest BCUT2D eigenvalue weighted by atomic mass is 10.0. The third-order valence-electron chi connectivity index (χ3n) is 7.62. The summed E-state index contributed by atoms with van der Waals surface area (Å²) in [6.07, 6.45) is 6.45. The molecule has 0 radical (unpaired) electrons. The Labute approximate surface area is 249 Å². The zero-order valence-electron chi connectivity index (χ0n) is 24.1. The predicted octanol–water partition coefficient (Wildman–Crippen LogP) is 10.1. The van der Waals surface area contributed by atoms with Gasteiger partial charge in [0, 0.05) is 22.3 Å². The molecule has 0 aliphatic carbocycles. The van der Waals surface area contributed by atoms with Crippen LogP contribution >= 0.6 is 0 Å². The first-order valence-corrected chi connectivity index (χ1v) is 14.6. The molecule has 0 spiro atoms. The molecule has 6 aromatic rings. The highest BCUT2D eigenvalue weighted by Gasteiger charge is 1.99. The summed E-state index contributed by atoms with van der Waals surface area (Å²) in [5.74, 6) is 13.2. The second-order valence-electron chi connectivity index (χ2n) is 10.6. The van der Waals surface area contributed by atoms with Crippen molar-refractivity contribution in [3.63, 3.8) is 0 Å². The van der Waals surface area contributed by atoms with Gasteiger partial charge in [-0.25, -0.2) is 0 Å². The molecule has 0 nitrogen and oxygen atoms in total. The number of fused-ring (bicyclic) bond motifs is 2. The van der Waals surface area contributed by atoms with Crippen LogP contribution < -0.4 is 0 Å². The van der Waals surface area contributed by atoms with Gasteiger partial charge < -0.3 is 0 Å². The van der Waals surface area contributed by atoms with Gasteiger partial charge in [0.25, 0.3) is 0 Å². The Balaban J connectivity index is 1.15. The first-order chi connectivity index (χ1) is 20.6. The molecule has 0 unspecified atom stereocenters. The van der Waals surface area contributed by atoms with Crippen molar-refractivity contribution >= 4 is 33.7 Å². The van der Waals surface area contributed by atoms with Crippen LogP contribution in [0.1, 0.15) is 58.4 Å². The Morgan fingerprint density at radius 3 is 1.12 bits per heavy atom. The Bertz CT molecular complexity index is 1880. The largest absolute Gasteiger partial charge is 0.0617 e. The van der Waals surface area contributed by atoms with Gasteiger partial charge in [0.05, 0.1) is 0 Å². The van der Waals surface area contributed by atoms with Crippen LogP contribution in [0.15, 0.2) is 121 Å². The summed E-state index contributed by atoms with van der Waals surface area (Å²) in [6.45, 7) is 4.34. The van der Waals surface area contributed by atoms with Crippen LogP contribution in [0.4, 0.5) is 0 Å². The minimum atomic E-state index is 1.03. The monoisotopic (exact) mass is 536 g/mol. The molecule has 0 atom stereocenters. The molecule has 0 bridgehead atoms. The molecule has 6 aromatic carbocycles. The highest BCUT2D eigenvalue weighted by atomic mass is 14.0. The number of hydrogen-bond donors (Lipinski definition) is 0. The van der Waals surface area contributed by atoms with E-state index in [9.17, 15) is 0 Å². The molecule has 0 aliphatic heterocycles. The average molecular weight is 537 g/mol. The van der Waals surface area contributed by atoms with Crippen LogP contribution in [-0.4, -0.2) is 0 Å². The van der Waals surface area contributed by atoms with Gasteiger partial charge >= 0.3 is 0 Å². The van der Waals surface area contributed by atoms with Crippen LogP contribution in [0.2, 0.25) is 0 Å². The first kappa shape index (κ1) is 26.9. The molecule has 0 amide bonds. The maximum atomic E-state index is 3.32. The third kappa shape index (κ3) is 6.53. The molecule has 0 aliphatic rings. The maximum absolute atomic E-state index is 3.32. The van der Waals surface area contributed by atoms with Gasteiger partial charge in [0.1, 0.15) is 0 Å². The van der Waals surface area contributed by atoms with E-state index in [1.165, 1.54) is 43.8 Å². The van der Waals surface area contributed by atoms with Crippen molar-refractivity contribution in [2.24, 2.45) is 0 Å². The highest BCUT2D eigenvalue weighted by Crippen LogP contribution is 2.22. The van der Waals surface area contributed by atoms with E-state index in [1.807, 2.05) is 0 Å². The average Bonchev–Trinajstić information content (AvgIpc) is 3.05. The van der Waals surface area contributed by atoms with Crippen LogP contribution in [0.3, 0.4) is 0 Å². The summed E-state index contributed by atoms with van der Waals surface area (Å²) in [7, 11) is 0. The van der Waals surface area contributed by atoms with E-state index in [0.29, 0.717) is 0 Å². The van der Waals surface area contributed by atoms with Crippen molar-refractivity contribution in [3.8, 4) is 23.7 Å². The fraction of sp³-hybridized carbons (Fsp3) is 0.0952. The van der Waals surface area contributed by atoms with Gasteiger partial charge in [-0.05, 0) is 117 Å². The lowest BCUT2D eigenvalue weighted by Gasteiger charge is -2.03. The number of benzene rings is 6. The fourth-order valence-corrected chi connectivity index (χ4v) is 5.02. The quantitative estimate of drug-likeness (QED) is 0.155. The van der Waals surface area contributed by atoms with Crippen molar-refractivity contribution in [1.82, 2.24) is 0 Å². The molecule has 0 saturated carbocycles. The molecule has 6 rings (SSSR count). The van der Waals surface area contributed by atoms with E-state index in [4.69, 9.17) is 0 Å². The van der Waals surface area contributed by atoms with E-state index in [-0.39, 0.29) is 0 Å². The minimum absolute atomic E-state index is 1.03. The summed E-state index contributed by atoms with van der Waals surface area (Å²) >= 11 is 0. The molecule has 200 valence electrons. The molecule has 0 heterocycles. The molecule has 42 heavy (non-hydrogen) atoms. The maximum Gasteiger partial charge on any atom is 0.0255 e. The number of aryl methyl sites for hydroxylation is 2. The van der Waals surface area contributed by atoms with Crippen molar-refractivity contribution < 1.29 is 0 Å². The number of hydrogen-bond acceptors (Lipinski definition) is 0. The predicted molar refractivity (Wildman–Crippen MR) is 180 cm³/mol. The van der Waals surface area contributed by atoms with Crippen molar-refractivity contribution in [3.05, 3.63) is 166 Å². The van der Waals surface area contributed by atoms with E-state index in [0.717, 1.165) is 35.1 Å². The zero-order valence-corrected chi connectivity index (χ0v) is 24.1. The van der Waals surface area contributed by atoms with E-state index in [1.54, 1.807) is 0 Å². The van der Waals surface area contributed by atoms with Gasteiger partial charge in [0.2, 0.25) is 0 Å². The summed E-state index contributed by atoms with van der Waals surface area (Å²) < 4.78 is 0. The van der Waals surface area contributed by atoms with E-state index in [2.05, 4.69) is 171 Å². The Morgan fingerprint density at radius 2 is 0.714 bits per heavy atom. The zero-order chi connectivity index (χ0) is 28.7. The van der Waals surface area contributed by atoms with Crippen molar-refractivity contribution in [2.45, 2.75) is 26.7 Å². The standard InChI is InChI=1S/C42H32/c1-3-31-5-9-33(10-6-31)13-15-35-19-23-41-29-37(21-25-39(41)27-35)17-18-38-22-26-40-28-36(20-24-42(40)30-38)16-14-34-11-7-32(4-2)8-12-34/h5-12,17-30H,3-4H2,1-2H3/b18-17+. The van der Waals surface area contributed by atoms with Crippen LogP contribution in [0, 0.1) is 23.7 Å². The molecule has 0 fully saturated rings. The normalized spacial score (nSPS) is 10.8. The second kappa shape index (κ2) is 12.5. The van der Waals surface area contributed by atoms with Crippen LogP contribution in [-0.2, 0) is 12.8 Å². The topological polar surface area (TPSA) is 0 Å². The molecular formula is C42H32. The van der Waals surface area contributed by atoms with Crippen molar-refractivity contribution in [2.75, 3.05) is 0 Å². The highest BCUT2D eigenvalue weighted by molar-refractivity contribution is 5.89. The SMILES string of the molecule is CCc1ccc(C#Cc2ccc3cc(/C=C/c4ccc5cc(C#Cc6ccc(CC)cc6)ccc5c4)ccc3c2)cc1. The van der Waals surface area contributed by atoms with Gasteiger partial charge in [-0.2, -0.15) is 0 Å². The molecule has 0 heteroatoms. The smallest absolute Gasteiger partial charge is 0.0255 e.